The van der Waals surface area contributed by atoms with Gasteiger partial charge in [-0.15, -0.1) is 0 Å². The van der Waals surface area contributed by atoms with E-state index in [-0.39, 0.29) is 13.2 Å². The highest BCUT2D eigenvalue weighted by molar-refractivity contribution is 5.91. The van der Waals surface area contributed by atoms with Gasteiger partial charge in [0, 0.05) is 34.3 Å². The lowest BCUT2D eigenvalue weighted by molar-refractivity contribution is -0.156. The lowest BCUT2D eigenvalue weighted by atomic mass is 10.0. The zero-order valence-corrected chi connectivity index (χ0v) is 30.5. The van der Waals surface area contributed by atoms with Crippen molar-refractivity contribution in [2.75, 3.05) is 0 Å². The average Bonchev–Trinajstić information content (AvgIpc) is 3.19. The maximum absolute atomic E-state index is 12.7. The van der Waals surface area contributed by atoms with Crippen molar-refractivity contribution in [3.63, 3.8) is 0 Å². The fourth-order valence-electron chi connectivity index (χ4n) is 6.13. The van der Waals surface area contributed by atoms with Gasteiger partial charge in [-0.1, -0.05) is 75.2 Å². The molecule has 0 unspecified atom stereocenters. The van der Waals surface area contributed by atoms with Crippen LogP contribution in [0.25, 0.3) is 21.8 Å². The van der Waals surface area contributed by atoms with Crippen LogP contribution in [0.1, 0.15) is 79.3 Å². The molecular weight excluding hydrogens is 665 g/mol. The topological polar surface area (TPSA) is 96.8 Å². The van der Waals surface area contributed by atoms with E-state index in [1.807, 2.05) is 97.3 Å². The van der Waals surface area contributed by atoms with E-state index in [1.165, 1.54) is 0 Å². The number of carbonyl (C=O) groups excluding carboxylic acids is 2. The molecule has 8 nitrogen and oxygen atoms in total. The summed E-state index contributed by atoms with van der Waals surface area (Å²) in [6, 6.07) is 31.8. The van der Waals surface area contributed by atoms with E-state index in [1.54, 1.807) is 0 Å². The Labute approximate surface area is 311 Å². The normalized spacial score (nSPS) is 11.1. The minimum Gasteiger partial charge on any atom is -0.489 e. The van der Waals surface area contributed by atoms with Gasteiger partial charge < -0.3 is 18.9 Å². The Hall–Kier alpha value is -5.76. The molecule has 0 radical (unpaired) electrons. The summed E-state index contributed by atoms with van der Waals surface area (Å²) in [6.45, 7) is 5.19. The van der Waals surface area contributed by atoms with Crippen LogP contribution in [0, 0.1) is 0 Å². The van der Waals surface area contributed by atoms with E-state index in [4.69, 9.17) is 18.9 Å². The smallest absolute Gasteiger partial charge is 0.317 e. The first-order valence-electron chi connectivity index (χ1n) is 18.4. The summed E-state index contributed by atoms with van der Waals surface area (Å²) in [5.74, 6) is 0.225. The van der Waals surface area contributed by atoms with Crippen LogP contribution >= 0.6 is 0 Å². The summed E-state index contributed by atoms with van der Waals surface area (Å²) in [4.78, 5) is 34.5. The molecule has 0 N–H and O–H groups in total. The van der Waals surface area contributed by atoms with Gasteiger partial charge in [0.25, 0.3) is 0 Å². The quantitative estimate of drug-likeness (QED) is 0.0643. The van der Waals surface area contributed by atoms with E-state index in [0.717, 1.165) is 105 Å². The minimum atomic E-state index is -0.626. The van der Waals surface area contributed by atoms with Crippen LogP contribution in [0.2, 0.25) is 0 Å². The van der Waals surface area contributed by atoms with Crippen molar-refractivity contribution in [2.45, 2.75) is 85.2 Å². The van der Waals surface area contributed by atoms with Crippen LogP contribution in [0.3, 0.4) is 0 Å². The molecule has 0 fully saturated rings. The Bertz CT molecular complexity index is 2010. The fraction of sp³-hybridized carbons (Fsp3) is 0.289. The first kappa shape index (κ1) is 37.0. The van der Waals surface area contributed by atoms with E-state index in [9.17, 15) is 9.59 Å². The third-order valence-corrected chi connectivity index (χ3v) is 9.13. The molecule has 0 atom stereocenters. The summed E-state index contributed by atoms with van der Waals surface area (Å²) < 4.78 is 23.3. The number of nitrogens with zero attached hydrogens (tertiary/aromatic N) is 2. The highest BCUT2D eigenvalue weighted by Crippen LogP contribution is 2.25. The maximum Gasteiger partial charge on any atom is 0.317 e. The molecular formula is C45H46N2O6. The highest BCUT2D eigenvalue weighted by Gasteiger charge is 2.16. The van der Waals surface area contributed by atoms with Crippen molar-refractivity contribution in [2.24, 2.45) is 0 Å². The number of pyridine rings is 2. The molecule has 272 valence electrons. The number of fused-ring (bicyclic) bond motifs is 2. The second-order valence-electron chi connectivity index (χ2n) is 13.2. The Morgan fingerprint density at radius 1 is 0.528 bits per heavy atom. The molecule has 0 amide bonds. The Kier molecular flexibility index (Phi) is 13.0. The molecule has 53 heavy (non-hydrogen) atoms. The average molecular weight is 711 g/mol. The second kappa shape index (κ2) is 18.6. The third kappa shape index (κ3) is 10.6. The molecule has 0 spiro atoms. The van der Waals surface area contributed by atoms with Gasteiger partial charge in [0.2, 0.25) is 0 Å². The molecule has 0 aliphatic rings. The van der Waals surface area contributed by atoms with Crippen molar-refractivity contribution in [1.29, 1.82) is 0 Å². The van der Waals surface area contributed by atoms with Crippen molar-refractivity contribution in [3.05, 3.63) is 143 Å². The van der Waals surface area contributed by atoms with Crippen LogP contribution in [0.4, 0.5) is 0 Å². The van der Waals surface area contributed by atoms with E-state index >= 15 is 0 Å². The van der Waals surface area contributed by atoms with Gasteiger partial charge in [-0.3, -0.25) is 19.6 Å². The van der Waals surface area contributed by atoms with Gasteiger partial charge in [0.05, 0.1) is 11.0 Å². The highest BCUT2D eigenvalue weighted by atomic mass is 16.6. The number of aryl methyl sites for hydroxylation is 2. The molecule has 0 bridgehead atoms. The molecule has 2 heterocycles. The number of rotatable bonds is 18. The fourth-order valence-corrected chi connectivity index (χ4v) is 6.13. The van der Waals surface area contributed by atoms with E-state index in [0.29, 0.717) is 13.2 Å². The Morgan fingerprint density at radius 3 is 1.43 bits per heavy atom. The van der Waals surface area contributed by atoms with Crippen LogP contribution in [-0.4, -0.2) is 21.9 Å². The predicted octanol–water partition coefficient (Wildman–Crippen LogP) is 9.80. The van der Waals surface area contributed by atoms with Crippen molar-refractivity contribution in [1.82, 2.24) is 9.97 Å². The molecule has 0 aliphatic heterocycles. The number of carbonyl (C=O) groups is 2. The van der Waals surface area contributed by atoms with Crippen molar-refractivity contribution in [3.8, 4) is 11.5 Å². The number of hydrogen-bond donors (Lipinski definition) is 0. The van der Waals surface area contributed by atoms with Crippen LogP contribution < -0.4 is 9.47 Å². The van der Waals surface area contributed by atoms with Gasteiger partial charge >= 0.3 is 11.9 Å². The number of ether oxygens (including phenoxy) is 4. The summed E-state index contributed by atoms with van der Waals surface area (Å²) in [5, 5.41) is 2.14. The van der Waals surface area contributed by atoms with Crippen molar-refractivity contribution < 1.29 is 28.5 Å². The first-order valence-corrected chi connectivity index (χ1v) is 18.4. The lowest BCUT2D eigenvalue weighted by Gasteiger charge is -2.14. The van der Waals surface area contributed by atoms with Gasteiger partial charge in [0.15, 0.2) is 0 Å². The standard InChI is InChI=1S/C45H46N2O6/c1-3-5-11-34-23-40(50-28-32-21-36-13-7-9-15-42(36)46-26-32)19-17-38(34)30-52-44(48)25-45(49)53-31-39-18-20-41(24-35(39)12-6-4-2)51-29-33-22-37-14-8-10-16-43(37)47-27-33/h7-10,13-24,26-27H,3-6,11-12,25,28-31H2,1-2H3. The number of esters is 2. The van der Waals surface area contributed by atoms with Gasteiger partial charge in [-0.05, 0) is 96.5 Å². The molecule has 4 aromatic carbocycles. The first-order chi connectivity index (χ1) is 26.0. The Balaban J connectivity index is 0.996. The number of benzene rings is 4. The SMILES string of the molecule is CCCCc1cc(OCc2cnc3ccccc3c2)ccc1COC(=O)CC(=O)OCc1ccc(OCc2cnc3ccccc3c2)cc1CCCC. The number of para-hydroxylation sites is 2. The lowest BCUT2D eigenvalue weighted by Crippen LogP contribution is -2.14. The zero-order valence-electron chi connectivity index (χ0n) is 30.5. The van der Waals surface area contributed by atoms with Crippen LogP contribution in [0.15, 0.2) is 109 Å². The van der Waals surface area contributed by atoms with Crippen molar-refractivity contribution >= 4 is 33.7 Å². The molecule has 0 saturated carbocycles. The number of unbranched alkanes of at least 4 members (excludes halogenated alkanes) is 2. The maximum atomic E-state index is 12.7. The predicted molar refractivity (Wildman–Crippen MR) is 206 cm³/mol. The molecule has 8 heteroatoms. The van der Waals surface area contributed by atoms with Crippen LogP contribution in [0.5, 0.6) is 11.5 Å². The van der Waals surface area contributed by atoms with E-state index in [2.05, 4.69) is 35.9 Å². The van der Waals surface area contributed by atoms with Gasteiger partial charge in [0.1, 0.15) is 44.3 Å². The third-order valence-electron chi connectivity index (χ3n) is 9.13. The number of aromatic nitrogens is 2. The summed E-state index contributed by atoms with van der Waals surface area (Å²) in [6.07, 6.45) is 8.88. The minimum absolute atomic E-state index is 0.0674. The van der Waals surface area contributed by atoms with Gasteiger partial charge in [-0.2, -0.15) is 0 Å². The summed E-state index contributed by atoms with van der Waals surface area (Å²) in [7, 11) is 0. The zero-order chi connectivity index (χ0) is 36.8. The Morgan fingerprint density at radius 2 is 0.981 bits per heavy atom. The largest absolute Gasteiger partial charge is 0.489 e. The monoisotopic (exact) mass is 710 g/mol. The molecule has 2 aromatic heterocycles. The van der Waals surface area contributed by atoms with E-state index < -0.39 is 18.4 Å². The second-order valence-corrected chi connectivity index (χ2v) is 13.2. The molecule has 6 rings (SSSR count). The molecule has 0 saturated heterocycles. The summed E-state index contributed by atoms with van der Waals surface area (Å²) >= 11 is 0. The van der Waals surface area contributed by atoms with Gasteiger partial charge in [-0.25, -0.2) is 0 Å². The number of hydrogen-bond acceptors (Lipinski definition) is 8. The van der Waals surface area contributed by atoms with Crippen LogP contribution in [-0.2, 0) is 58.3 Å². The summed E-state index contributed by atoms with van der Waals surface area (Å²) in [5.41, 5.74) is 7.75. The molecule has 0 aliphatic carbocycles. The molecule has 6 aromatic rings.